The smallest absolute Gasteiger partial charge is 0.261 e. The molecule has 27 heavy (non-hydrogen) atoms. The summed E-state index contributed by atoms with van der Waals surface area (Å²) in [6.45, 7) is 1.86. The van der Waals surface area contributed by atoms with E-state index in [0.29, 0.717) is 11.4 Å². The predicted molar refractivity (Wildman–Crippen MR) is 103 cm³/mol. The van der Waals surface area contributed by atoms with Crippen LogP contribution in [0.1, 0.15) is 15.9 Å². The molecule has 7 heteroatoms. The van der Waals surface area contributed by atoms with Crippen LogP contribution in [0.15, 0.2) is 77.7 Å². The third-order valence-electron chi connectivity index (χ3n) is 3.78. The fourth-order valence-corrected chi connectivity index (χ4v) is 3.53. The second kappa shape index (κ2) is 7.59. The van der Waals surface area contributed by atoms with Gasteiger partial charge in [-0.3, -0.25) is 9.52 Å². The van der Waals surface area contributed by atoms with Crippen LogP contribution in [0.25, 0.3) is 0 Å². The monoisotopic (exact) mass is 384 g/mol. The Morgan fingerprint density at radius 2 is 1.56 bits per heavy atom. The Bertz CT molecular complexity index is 1080. The summed E-state index contributed by atoms with van der Waals surface area (Å²) in [6.07, 6.45) is 0. The number of hydrogen-bond donors (Lipinski definition) is 2. The first-order valence-corrected chi connectivity index (χ1v) is 9.58. The number of halogens is 1. The molecule has 2 N–H and O–H groups in total. The van der Waals surface area contributed by atoms with Crippen LogP contribution in [0.2, 0.25) is 0 Å². The quantitative estimate of drug-likeness (QED) is 0.693. The fourth-order valence-electron chi connectivity index (χ4n) is 2.48. The molecule has 0 aliphatic heterocycles. The lowest BCUT2D eigenvalue weighted by atomic mass is 10.2. The van der Waals surface area contributed by atoms with Crippen molar-refractivity contribution in [2.24, 2.45) is 0 Å². The minimum atomic E-state index is -3.77. The van der Waals surface area contributed by atoms with Gasteiger partial charge >= 0.3 is 0 Å². The average molecular weight is 384 g/mol. The first-order valence-electron chi connectivity index (χ1n) is 8.10. The standard InChI is InChI=1S/C20H17FN2O3S/c1-14-4-2-7-18(12-14)23-27(25,26)19-10-8-15(9-11-19)20(24)22-17-6-3-5-16(21)13-17/h2-13,23H,1H3,(H,22,24). The molecule has 0 spiro atoms. The number of aryl methyl sites for hydroxylation is 1. The van der Waals surface area contributed by atoms with Crippen molar-refractivity contribution < 1.29 is 17.6 Å². The number of sulfonamides is 1. The lowest BCUT2D eigenvalue weighted by molar-refractivity contribution is 0.102. The van der Waals surface area contributed by atoms with Crippen molar-refractivity contribution in [3.8, 4) is 0 Å². The minimum absolute atomic E-state index is 0.0336. The van der Waals surface area contributed by atoms with Crippen LogP contribution in [0, 0.1) is 12.7 Å². The van der Waals surface area contributed by atoms with Crippen LogP contribution in [-0.2, 0) is 10.0 Å². The number of amides is 1. The van der Waals surface area contributed by atoms with E-state index in [2.05, 4.69) is 10.0 Å². The van der Waals surface area contributed by atoms with Crippen molar-refractivity contribution in [3.05, 3.63) is 89.7 Å². The minimum Gasteiger partial charge on any atom is -0.322 e. The molecular formula is C20H17FN2O3S. The number of rotatable bonds is 5. The lowest BCUT2D eigenvalue weighted by Crippen LogP contribution is -2.15. The number of hydrogen-bond acceptors (Lipinski definition) is 3. The highest BCUT2D eigenvalue weighted by Crippen LogP contribution is 2.18. The normalized spacial score (nSPS) is 11.0. The lowest BCUT2D eigenvalue weighted by Gasteiger charge is -2.10. The summed E-state index contributed by atoms with van der Waals surface area (Å²) >= 11 is 0. The van der Waals surface area contributed by atoms with Crippen LogP contribution in [0.4, 0.5) is 15.8 Å². The first-order chi connectivity index (χ1) is 12.8. The molecule has 0 aromatic heterocycles. The number of carbonyl (C=O) groups is 1. The van der Waals surface area contributed by atoms with Gasteiger partial charge in [-0.05, 0) is 67.1 Å². The Kier molecular flexibility index (Phi) is 5.23. The van der Waals surface area contributed by atoms with Crippen LogP contribution in [0.5, 0.6) is 0 Å². The molecule has 1 amide bonds. The summed E-state index contributed by atoms with van der Waals surface area (Å²) in [4.78, 5) is 12.2. The highest BCUT2D eigenvalue weighted by atomic mass is 32.2. The number of nitrogens with one attached hydrogen (secondary N) is 2. The summed E-state index contributed by atoms with van der Waals surface area (Å²) in [5, 5.41) is 2.56. The highest BCUT2D eigenvalue weighted by Gasteiger charge is 2.15. The number of benzene rings is 3. The van der Waals surface area contributed by atoms with Gasteiger partial charge in [0.25, 0.3) is 15.9 Å². The van der Waals surface area contributed by atoms with E-state index in [9.17, 15) is 17.6 Å². The molecule has 0 atom stereocenters. The van der Waals surface area contributed by atoms with E-state index >= 15 is 0 Å². The van der Waals surface area contributed by atoms with Gasteiger partial charge < -0.3 is 5.32 Å². The largest absolute Gasteiger partial charge is 0.322 e. The fraction of sp³-hybridized carbons (Fsp3) is 0.0500. The maximum absolute atomic E-state index is 13.2. The van der Waals surface area contributed by atoms with E-state index in [1.54, 1.807) is 24.3 Å². The van der Waals surface area contributed by atoms with Gasteiger partial charge in [-0.25, -0.2) is 12.8 Å². The highest BCUT2D eigenvalue weighted by molar-refractivity contribution is 7.92. The summed E-state index contributed by atoms with van der Waals surface area (Å²) < 4.78 is 40.6. The summed E-state index contributed by atoms with van der Waals surface area (Å²) in [5.41, 5.74) is 1.97. The maximum atomic E-state index is 13.2. The van der Waals surface area contributed by atoms with Crippen molar-refractivity contribution in [2.75, 3.05) is 10.0 Å². The van der Waals surface area contributed by atoms with Crippen molar-refractivity contribution >= 4 is 27.3 Å². The van der Waals surface area contributed by atoms with Crippen molar-refractivity contribution in [3.63, 3.8) is 0 Å². The SMILES string of the molecule is Cc1cccc(NS(=O)(=O)c2ccc(C(=O)Nc3cccc(F)c3)cc2)c1. The predicted octanol–water partition coefficient (Wildman–Crippen LogP) is 4.19. The van der Waals surface area contributed by atoms with Gasteiger partial charge in [-0.2, -0.15) is 0 Å². The molecule has 0 heterocycles. The van der Waals surface area contributed by atoms with Gasteiger partial charge in [0.1, 0.15) is 5.82 Å². The molecule has 3 aromatic rings. The van der Waals surface area contributed by atoms with Gasteiger partial charge in [0.05, 0.1) is 4.90 Å². The molecule has 5 nitrogen and oxygen atoms in total. The van der Waals surface area contributed by atoms with Gasteiger partial charge in [-0.1, -0.05) is 18.2 Å². The molecule has 0 aliphatic carbocycles. The summed E-state index contributed by atoms with van der Waals surface area (Å²) in [5.74, 6) is -0.923. The number of carbonyl (C=O) groups excluding carboxylic acids is 1. The zero-order chi connectivity index (χ0) is 19.4. The van der Waals surface area contributed by atoms with Crippen LogP contribution >= 0.6 is 0 Å². The van der Waals surface area contributed by atoms with Crippen LogP contribution < -0.4 is 10.0 Å². The Balaban J connectivity index is 1.75. The zero-order valence-corrected chi connectivity index (χ0v) is 15.3. The van der Waals surface area contributed by atoms with Crippen molar-refractivity contribution in [1.82, 2.24) is 0 Å². The van der Waals surface area contributed by atoms with E-state index in [0.717, 1.165) is 5.56 Å². The van der Waals surface area contributed by atoms with Gasteiger partial charge in [0, 0.05) is 16.9 Å². The topological polar surface area (TPSA) is 75.3 Å². The van der Waals surface area contributed by atoms with Crippen molar-refractivity contribution in [2.45, 2.75) is 11.8 Å². The van der Waals surface area contributed by atoms with Crippen LogP contribution in [-0.4, -0.2) is 14.3 Å². The molecule has 0 radical (unpaired) electrons. The van der Waals surface area contributed by atoms with Gasteiger partial charge in [-0.15, -0.1) is 0 Å². The Morgan fingerprint density at radius 1 is 0.889 bits per heavy atom. The zero-order valence-electron chi connectivity index (χ0n) is 14.4. The first kappa shape index (κ1) is 18.6. The molecule has 0 fully saturated rings. The molecule has 0 bridgehead atoms. The second-order valence-corrected chi connectivity index (χ2v) is 7.65. The third kappa shape index (κ3) is 4.71. The molecule has 3 aromatic carbocycles. The molecule has 0 saturated carbocycles. The van der Waals surface area contributed by atoms with Crippen molar-refractivity contribution in [1.29, 1.82) is 0 Å². The molecule has 0 aliphatic rings. The molecular weight excluding hydrogens is 367 g/mol. The number of anilines is 2. The van der Waals surface area contributed by atoms with E-state index in [1.165, 1.54) is 42.5 Å². The van der Waals surface area contributed by atoms with Crippen LogP contribution in [0.3, 0.4) is 0 Å². The molecule has 0 saturated heterocycles. The third-order valence-corrected chi connectivity index (χ3v) is 5.18. The van der Waals surface area contributed by atoms with E-state index < -0.39 is 21.7 Å². The Labute approximate surface area is 156 Å². The molecule has 3 rings (SSSR count). The van der Waals surface area contributed by atoms with Gasteiger partial charge in [0.2, 0.25) is 0 Å². The second-order valence-electron chi connectivity index (χ2n) is 5.96. The van der Waals surface area contributed by atoms with E-state index in [-0.39, 0.29) is 10.5 Å². The Morgan fingerprint density at radius 3 is 2.22 bits per heavy atom. The Hall–Kier alpha value is -3.19. The van der Waals surface area contributed by atoms with E-state index in [4.69, 9.17) is 0 Å². The maximum Gasteiger partial charge on any atom is 0.261 e. The molecule has 138 valence electrons. The average Bonchev–Trinajstić information content (AvgIpc) is 2.61. The van der Waals surface area contributed by atoms with E-state index in [1.807, 2.05) is 13.0 Å². The van der Waals surface area contributed by atoms with Gasteiger partial charge in [0.15, 0.2) is 0 Å². The molecule has 0 unspecified atom stereocenters. The summed E-state index contributed by atoms with van der Waals surface area (Å²) in [7, 11) is -3.77. The summed E-state index contributed by atoms with van der Waals surface area (Å²) in [6, 6.07) is 18.0.